The molecule has 0 amide bonds. The Morgan fingerprint density at radius 2 is 1.75 bits per heavy atom. The summed E-state index contributed by atoms with van der Waals surface area (Å²) in [7, 11) is 0. The van der Waals surface area contributed by atoms with Crippen molar-refractivity contribution in [3.63, 3.8) is 0 Å². The number of likely N-dealkylation sites (tertiary alicyclic amines) is 1. The number of nitrogens with zero attached hydrogens (tertiary/aromatic N) is 1. The van der Waals surface area contributed by atoms with E-state index < -0.39 is 0 Å². The van der Waals surface area contributed by atoms with E-state index in [0.717, 1.165) is 18.5 Å². The average molecular weight is 168 g/mol. The van der Waals surface area contributed by atoms with Gasteiger partial charge < -0.3 is 10.6 Å². The highest BCUT2D eigenvalue weighted by atomic mass is 15.2. The van der Waals surface area contributed by atoms with Gasteiger partial charge in [0.2, 0.25) is 0 Å². The van der Waals surface area contributed by atoms with Crippen LogP contribution in [0.25, 0.3) is 0 Å². The van der Waals surface area contributed by atoms with E-state index in [2.05, 4.69) is 4.90 Å². The largest absolute Gasteiger partial charge is 0.329 e. The van der Waals surface area contributed by atoms with Crippen LogP contribution in [-0.4, -0.2) is 31.1 Å². The number of hydrogen-bond donors (Lipinski definition) is 1. The first-order valence-corrected chi connectivity index (χ1v) is 5.27. The van der Waals surface area contributed by atoms with Crippen molar-refractivity contribution in [3.05, 3.63) is 0 Å². The molecule has 12 heavy (non-hydrogen) atoms. The lowest BCUT2D eigenvalue weighted by molar-refractivity contribution is -0.0254. The van der Waals surface area contributed by atoms with Gasteiger partial charge in [0.15, 0.2) is 0 Å². The Kier molecular flexibility index (Phi) is 2.37. The Morgan fingerprint density at radius 3 is 2.33 bits per heavy atom. The zero-order valence-corrected chi connectivity index (χ0v) is 7.89. The normalized spacial score (nSPS) is 28.8. The molecule has 0 atom stereocenters. The molecule has 2 nitrogen and oxygen atoms in total. The third kappa shape index (κ3) is 1.50. The Balaban J connectivity index is 1.77. The van der Waals surface area contributed by atoms with Crippen molar-refractivity contribution >= 4 is 0 Å². The zero-order valence-electron chi connectivity index (χ0n) is 7.89. The van der Waals surface area contributed by atoms with Gasteiger partial charge in [0.05, 0.1) is 0 Å². The predicted molar refractivity (Wildman–Crippen MR) is 51.0 cm³/mol. The van der Waals surface area contributed by atoms with Crippen LogP contribution >= 0.6 is 0 Å². The van der Waals surface area contributed by atoms with Gasteiger partial charge in [-0.3, -0.25) is 0 Å². The summed E-state index contributed by atoms with van der Waals surface area (Å²) >= 11 is 0. The average Bonchev–Trinajstić information content (AvgIpc) is 2.04. The smallest absolute Gasteiger partial charge is 0.0105 e. The minimum atomic E-state index is 0.743. The second kappa shape index (κ2) is 3.35. The van der Waals surface area contributed by atoms with Crippen LogP contribution in [0.4, 0.5) is 0 Å². The van der Waals surface area contributed by atoms with Crippen molar-refractivity contribution < 1.29 is 0 Å². The van der Waals surface area contributed by atoms with E-state index in [1.807, 2.05) is 0 Å². The quantitative estimate of drug-likeness (QED) is 0.671. The van der Waals surface area contributed by atoms with Gasteiger partial charge in [-0.2, -0.15) is 0 Å². The van der Waals surface area contributed by atoms with Crippen molar-refractivity contribution in [2.24, 2.45) is 11.1 Å². The van der Waals surface area contributed by atoms with E-state index in [-0.39, 0.29) is 0 Å². The lowest BCUT2D eigenvalue weighted by Crippen LogP contribution is -2.57. The maximum atomic E-state index is 5.52. The van der Waals surface area contributed by atoms with Gasteiger partial charge in [-0.25, -0.2) is 0 Å². The van der Waals surface area contributed by atoms with E-state index in [4.69, 9.17) is 5.73 Å². The molecule has 1 saturated carbocycles. The number of nitrogens with two attached hydrogens (primary N) is 1. The van der Waals surface area contributed by atoms with E-state index in [9.17, 15) is 0 Å². The molecular weight excluding hydrogens is 148 g/mol. The summed E-state index contributed by atoms with van der Waals surface area (Å²) in [6, 6.07) is 0. The van der Waals surface area contributed by atoms with Crippen LogP contribution in [-0.2, 0) is 0 Å². The first-order chi connectivity index (χ1) is 5.85. The lowest BCUT2D eigenvalue weighted by atomic mass is 9.69. The number of rotatable bonds is 2. The molecule has 0 bridgehead atoms. The fraction of sp³-hybridized carbons (Fsp3) is 1.00. The minimum absolute atomic E-state index is 0.743. The van der Waals surface area contributed by atoms with E-state index in [1.54, 1.807) is 0 Å². The first-order valence-electron chi connectivity index (χ1n) is 5.27. The topological polar surface area (TPSA) is 29.3 Å². The van der Waals surface area contributed by atoms with Crippen LogP contribution in [0.2, 0.25) is 0 Å². The molecule has 2 heteroatoms. The maximum Gasteiger partial charge on any atom is 0.0105 e. The molecule has 2 rings (SSSR count). The summed E-state index contributed by atoms with van der Waals surface area (Å²) < 4.78 is 0. The standard InChI is InChI=1S/C10H20N2/c11-6-7-12-8-10(9-12)4-2-1-3-5-10/h1-9,11H2. The van der Waals surface area contributed by atoms with Crippen LogP contribution in [0.3, 0.4) is 0 Å². The summed E-state index contributed by atoms with van der Waals surface area (Å²) in [6.07, 6.45) is 7.37. The zero-order chi connectivity index (χ0) is 8.44. The monoisotopic (exact) mass is 168 g/mol. The van der Waals surface area contributed by atoms with Crippen molar-refractivity contribution in [2.45, 2.75) is 32.1 Å². The molecule has 0 unspecified atom stereocenters. The summed E-state index contributed by atoms with van der Waals surface area (Å²) in [5.74, 6) is 0. The van der Waals surface area contributed by atoms with Gasteiger partial charge in [-0.05, 0) is 18.3 Å². The van der Waals surface area contributed by atoms with Crippen molar-refractivity contribution in [1.29, 1.82) is 0 Å². The molecule has 2 N–H and O–H groups in total. The van der Waals surface area contributed by atoms with Crippen molar-refractivity contribution in [3.8, 4) is 0 Å². The molecule has 0 radical (unpaired) electrons. The van der Waals surface area contributed by atoms with Crippen LogP contribution in [0.1, 0.15) is 32.1 Å². The molecule has 70 valence electrons. The molecule has 0 aromatic rings. The molecule has 1 aliphatic carbocycles. The Morgan fingerprint density at radius 1 is 1.08 bits per heavy atom. The Labute approximate surface area is 75.1 Å². The van der Waals surface area contributed by atoms with Gasteiger partial charge in [0.25, 0.3) is 0 Å². The SMILES string of the molecule is NCCN1CC2(CCCCC2)C1. The van der Waals surface area contributed by atoms with E-state index in [0.29, 0.717) is 0 Å². The van der Waals surface area contributed by atoms with Crippen molar-refractivity contribution in [1.82, 2.24) is 4.90 Å². The van der Waals surface area contributed by atoms with Crippen LogP contribution in [0.5, 0.6) is 0 Å². The molecule has 2 fully saturated rings. The molecule has 2 aliphatic rings. The summed E-state index contributed by atoms with van der Waals surface area (Å²) in [6.45, 7) is 4.62. The van der Waals surface area contributed by atoms with Crippen LogP contribution in [0, 0.1) is 5.41 Å². The van der Waals surface area contributed by atoms with E-state index >= 15 is 0 Å². The maximum absolute atomic E-state index is 5.52. The van der Waals surface area contributed by atoms with Gasteiger partial charge in [0.1, 0.15) is 0 Å². The highest BCUT2D eigenvalue weighted by Crippen LogP contribution is 2.43. The second-order valence-corrected chi connectivity index (χ2v) is 4.56. The third-order valence-corrected chi connectivity index (χ3v) is 3.48. The summed E-state index contributed by atoms with van der Waals surface area (Å²) in [5, 5.41) is 0. The van der Waals surface area contributed by atoms with Crippen LogP contribution < -0.4 is 5.73 Å². The second-order valence-electron chi connectivity index (χ2n) is 4.56. The van der Waals surface area contributed by atoms with Crippen LogP contribution in [0.15, 0.2) is 0 Å². The van der Waals surface area contributed by atoms with Gasteiger partial charge in [-0.1, -0.05) is 19.3 Å². The van der Waals surface area contributed by atoms with E-state index in [1.165, 1.54) is 45.2 Å². The fourth-order valence-electron chi connectivity index (χ4n) is 2.86. The molecule has 1 heterocycles. The van der Waals surface area contributed by atoms with Gasteiger partial charge in [0, 0.05) is 26.2 Å². The lowest BCUT2D eigenvalue weighted by Gasteiger charge is -2.52. The molecule has 1 aliphatic heterocycles. The highest BCUT2D eigenvalue weighted by molar-refractivity contribution is 4.96. The predicted octanol–water partition coefficient (Wildman–Crippen LogP) is 1.21. The Bertz CT molecular complexity index is 142. The Hall–Kier alpha value is -0.0800. The minimum Gasteiger partial charge on any atom is -0.329 e. The number of hydrogen-bond acceptors (Lipinski definition) is 2. The molecular formula is C10H20N2. The van der Waals surface area contributed by atoms with Gasteiger partial charge >= 0.3 is 0 Å². The van der Waals surface area contributed by atoms with Gasteiger partial charge in [-0.15, -0.1) is 0 Å². The van der Waals surface area contributed by atoms with Crippen molar-refractivity contribution in [2.75, 3.05) is 26.2 Å². The highest BCUT2D eigenvalue weighted by Gasteiger charge is 2.42. The fourth-order valence-corrected chi connectivity index (χ4v) is 2.86. The molecule has 1 spiro atoms. The summed E-state index contributed by atoms with van der Waals surface area (Å²) in [4.78, 5) is 2.51. The molecule has 0 aromatic heterocycles. The third-order valence-electron chi connectivity index (χ3n) is 3.48. The molecule has 0 aromatic carbocycles. The first kappa shape index (κ1) is 8.52. The summed E-state index contributed by atoms with van der Waals surface area (Å²) in [5.41, 5.74) is 6.26. The molecule has 1 saturated heterocycles.